The van der Waals surface area contributed by atoms with Crippen molar-refractivity contribution in [1.29, 1.82) is 0 Å². The van der Waals surface area contributed by atoms with Gasteiger partial charge in [0.25, 0.3) is 5.91 Å². The van der Waals surface area contributed by atoms with E-state index in [1.165, 1.54) is 11.1 Å². The third kappa shape index (κ3) is 7.20. The minimum absolute atomic E-state index is 0.217. The number of amides is 1. The maximum Gasteiger partial charge on any atom is 0.264 e. The van der Waals surface area contributed by atoms with Gasteiger partial charge in [0.05, 0.1) is 17.5 Å². The van der Waals surface area contributed by atoms with Gasteiger partial charge in [-0.25, -0.2) is 13.1 Å². The Balaban J connectivity index is 1.32. The molecule has 2 aromatic carbocycles. The fraction of sp³-hybridized carbons (Fsp3) is 0.625. The summed E-state index contributed by atoms with van der Waals surface area (Å²) in [4.78, 5) is 18.6. The molecule has 2 aliphatic carbocycles. The largest absolute Gasteiger partial charge is 0.490 e. The van der Waals surface area contributed by atoms with Crippen LogP contribution >= 0.6 is 11.6 Å². The molecule has 2 fully saturated rings. The van der Waals surface area contributed by atoms with Gasteiger partial charge in [0.2, 0.25) is 10.0 Å². The first kappa shape index (κ1) is 36.7. The van der Waals surface area contributed by atoms with Gasteiger partial charge in [-0.15, -0.1) is 0 Å². The molecule has 1 spiro atoms. The molecule has 1 amide bonds. The Morgan fingerprint density at radius 2 is 1.82 bits per heavy atom. The molecule has 51 heavy (non-hydrogen) atoms. The number of hydrogen-bond donors (Lipinski definition) is 2. The van der Waals surface area contributed by atoms with E-state index in [4.69, 9.17) is 21.1 Å². The predicted molar refractivity (Wildman–Crippen MR) is 203 cm³/mol. The molecule has 0 aromatic heterocycles. The Morgan fingerprint density at radius 3 is 2.55 bits per heavy atom. The van der Waals surface area contributed by atoms with Gasteiger partial charge in [-0.2, -0.15) is 0 Å². The minimum Gasteiger partial charge on any atom is -0.490 e. The number of piperazine rings is 1. The lowest BCUT2D eigenvalue weighted by molar-refractivity contribution is -0.0951. The molecule has 5 aliphatic rings. The molecule has 11 heteroatoms. The van der Waals surface area contributed by atoms with E-state index in [9.17, 15) is 13.2 Å². The smallest absolute Gasteiger partial charge is 0.264 e. The van der Waals surface area contributed by atoms with Crippen LogP contribution < -0.4 is 19.7 Å². The zero-order chi connectivity index (χ0) is 36.1. The highest BCUT2D eigenvalue weighted by molar-refractivity contribution is 7.90. The number of allylic oxidation sites excluding steroid dienone is 1. The molecule has 2 aromatic rings. The van der Waals surface area contributed by atoms with Crippen molar-refractivity contribution < 1.29 is 22.7 Å². The highest BCUT2D eigenvalue weighted by Crippen LogP contribution is 2.49. The number of halogens is 1. The second-order valence-electron chi connectivity index (χ2n) is 16.3. The van der Waals surface area contributed by atoms with Crippen molar-refractivity contribution in [2.45, 2.75) is 94.6 Å². The quantitative estimate of drug-likeness (QED) is 0.373. The van der Waals surface area contributed by atoms with E-state index in [1.807, 2.05) is 32.2 Å². The van der Waals surface area contributed by atoms with Gasteiger partial charge in [0, 0.05) is 67.9 Å². The van der Waals surface area contributed by atoms with Crippen molar-refractivity contribution in [2.24, 2.45) is 17.8 Å². The van der Waals surface area contributed by atoms with E-state index < -0.39 is 26.8 Å². The summed E-state index contributed by atoms with van der Waals surface area (Å²) in [6.45, 7) is 12.8. The van der Waals surface area contributed by atoms with E-state index in [0.29, 0.717) is 42.3 Å². The van der Waals surface area contributed by atoms with E-state index in [-0.39, 0.29) is 17.3 Å². The van der Waals surface area contributed by atoms with Crippen LogP contribution in [0.25, 0.3) is 0 Å². The van der Waals surface area contributed by atoms with E-state index in [2.05, 4.69) is 58.0 Å². The summed E-state index contributed by atoms with van der Waals surface area (Å²) in [5, 5.41) is 3.64. The Labute approximate surface area is 309 Å². The molecule has 7 rings (SSSR count). The number of sulfonamides is 1. The lowest BCUT2D eigenvalue weighted by Gasteiger charge is -2.52. The van der Waals surface area contributed by atoms with Gasteiger partial charge >= 0.3 is 0 Å². The normalized spacial score (nSPS) is 36.1. The third-order valence-corrected chi connectivity index (χ3v) is 14.9. The van der Waals surface area contributed by atoms with Crippen LogP contribution in [0.4, 0.5) is 5.69 Å². The number of nitrogens with zero attached hydrogens (tertiary/aromatic N) is 2. The number of anilines is 1. The molecule has 2 bridgehead atoms. The van der Waals surface area contributed by atoms with Gasteiger partial charge in [-0.05, 0) is 119 Å². The number of hydrogen-bond acceptors (Lipinski definition) is 8. The van der Waals surface area contributed by atoms with Gasteiger partial charge in [-0.1, -0.05) is 36.7 Å². The van der Waals surface area contributed by atoms with E-state index in [1.54, 1.807) is 13.0 Å². The molecule has 1 saturated heterocycles. The summed E-state index contributed by atoms with van der Waals surface area (Å²) < 4.78 is 42.9. The van der Waals surface area contributed by atoms with Crippen LogP contribution in [0, 0.1) is 17.8 Å². The van der Waals surface area contributed by atoms with Crippen LogP contribution in [-0.2, 0) is 26.6 Å². The zero-order valence-electron chi connectivity index (χ0n) is 30.8. The lowest BCUT2D eigenvalue weighted by atomic mass is 9.63. The number of fused-ring (bicyclic) bond motifs is 4. The number of ether oxygens (including phenoxy) is 2. The predicted octanol–water partition coefficient (Wildman–Crippen LogP) is 5.95. The highest BCUT2D eigenvalue weighted by Gasteiger charge is 2.50. The molecule has 1 saturated carbocycles. The zero-order valence-corrected chi connectivity index (χ0v) is 32.4. The topological polar surface area (TPSA) is 100 Å². The van der Waals surface area contributed by atoms with E-state index >= 15 is 0 Å². The average Bonchev–Trinajstić information content (AvgIpc) is 3.21. The van der Waals surface area contributed by atoms with Gasteiger partial charge < -0.3 is 19.7 Å². The highest BCUT2D eigenvalue weighted by atomic mass is 35.5. The minimum atomic E-state index is -3.95. The molecule has 3 heterocycles. The standard InChI is InChI=1S/C40H55ClN4O5S/c1-26-8-6-17-40(49-5,24-44-20-27(2)42-28(3)21-44)35-13-10-32(35)22-45-23-39(16-7-9-30-18-33(41)12-14-34(30)39)25-50-37-15-11-31(19-36(37)45)38(46)43-51(47,48)29(26)4/h6,11-12,14-15,17-19,26-29,32,35,42H,7-10,13,16,20-25H2,1-5H3,(H,43,46)/b17-6-/t26-,27-,28+,29+,32-,35+,39-,40-/m0/s1. The second kappa shape index (κ2) is 14.3. The maximum atomic E-state index is 13.6. The fourth-order valence-electron chi connectivity index (χ4n) is 9.73. The van der Waals surface area contributed by atoms with Gasteiger partial charge in [0.1, 0.15) is 11.4 Å². The van der Waals surface area contributed by atoms with Crippen molar-refractivity contribution in [3.8, 4) is 5.75 Å². The summed E-state index contributed by atoms with van der Waals surface area (Å²) in [6.07, 6.45) is 10.1. The van der Waals surface area contributed by atoms with Crippen LogP contribution in [0.15, 0.2) is 48.6 Å². The SMILES string of the molecule is CO[C@]1(CN2C[C@@H](C)N[C@@H](C)C2)/C=C\C[C@H](C)[C@@H](C)S(=O)(=O)NC(=O)c2ccc3c(c2)N(C[C@@H]2CC[C@H]21)C[C@@]1(CCCc2cc(Cl)ccc21)CO3. The Kier molecular flexibility index (Phi) is 10.3. The summed E-state index contributed by atoms with van der Waals surface area (Å²) in [7, 11) is -2.10. The van der Waals surface area contributed by atoms with Gasteiger partial charge in [0.15, 0.2) is 0 Å². The van der Waals surface area contributed by atoms with Gasteiger partial charge in [-0.3, -0.25) is 9.69 Å². The first-order chi connectivity index (χ1) is 24.3. The van der Waals surface area contributed by atoms with Crippen molar-refractivity contribution in [2.75, 3.05) is 51.3 Å². The number of aryl methyl sites for hydroxylation is 1. The summed E-state index contributed by atoms with van der Waals surface area (Å²) in [5.74, 6) is 0.483. The number of rotatable bonds is 3. The monoisotopic (exact) mass is 738 g/mol. The Bertz CT molecular complexity index is 1760. The summed E-state index contributed by atoms with van der Waals surface area (Å²) in [5.41, 5.74) is 2.90. The number of carbonyl (C=O) groups is 1. The molecular formula is C40H55ClN4O5S. The van der Waals surface area contributed by atoms with Crippen LogP contribution in [0.2, 0.25) is 5.02 Å². The summed E-state index contributed by atoms with van der Waals surface area (Å²) >= 11 is 6.49. The number of carbonyl (C=O) groups excluding carboxylic acids is 1. The van der Waals surface area contributed by atoms with Crippen LogP contribution in [-0.4, -0.2) is 88.6 Å². The molecule has 0 radical (unpaired) electrons. The second-order valence-corrected chi connectivity index (χ2v) is 18.8. The van der Waals surface area contributed by atoms with E-state index in [0.717, 1.165) is 75.5 Å². The van der Waals surface area contributed by atoms with Crippen molar-refractivity contribution in [1.82, 2.24) is 14.9 Å². The molecule has 9 nitrogen and oxygen atoms in total. The molecule has 2 N–H and O–H groups in total. The lowest BCUT2D eigenvalue weighted by Crippen LogP contribution is -2.61. The maximum absolute atomic E-state index is 13.6. The molecule has 278 valence electrons. The molecular weight excluding hydrogens is 684 g/mol. The molecule has 8 atom stereocenters. The first-order valence-corrected chi connectivity index (χ1v) is 20.8. The fourth-order valence-corrected chi connectivity index (χ4v) is 11.2. The van der Waals surface area contributed by atoms with Crippen molar-refractivity contribution >= 4 is 33.2 Å². The number of nitrogens with one attached hydrogen (secondary N) is 2. The van der Waals surface area contributed by atoms with Crippen LogP contribution in [0.5, 0.6) is 5.75 Å². The number of methoxy groups -OCH3 is 1. The Morgan fingerprint density at radius 1 is 1.04 bits per heavy atom. The number of benzene rings is 2. The van der Waals surface area contributed by atoms with Crippen LogP contribution in [0.1, 0.15) is 81.3 Å². The molecule has 3 aliphatic heterocycles. The first-order valence-electron chi connectivity index (χ1n) is 18.9. The van der Waals surface area contributed by atoms with Crippen molar-refractivity contribution in [3.63, 3.8) is 0 Å². The summed E-state index contributed by atoms with van der Waals surface area (Å²) in [6, 6.07) is 12.4. The van der Waals surface area contributed by atoms with Crippen LogP contribution in [0.3, 0.4) is 0 Å². The average molecular weight is 739 g/mol. The molecule has 0 unspecified atom stereocenters. The third-order valence-electron chi connectivity index (χ3n) is 12.7. The van der Waals surface area contributed by atoms with Crippen molar-refractivity contribution in [3.05, 3.63) is 70.3 Å². The Hall–Kier alpha value is -2.63.